The molecule has 2 heterocycles. The lowest BCUT2D eigenvalue weighted by molar-refractivity contribution is 0.100. The zero-order chi connectivity index (χ0) is 14.5. The summed E-state index contributed by atoms with van der Waals surface area (Å²) in [5.41, 5.74) is 6.22. The monoisotopic (exact) mass is 293 g/mol. The largest absolute Gasteiger partial charge is 0.481 e. The highest BCUT2D eigenvalue weighted by atomic mass is 35.5. The van der Waals surface area contributed by atoms with Gasteiger partial charge >= 0.3 is 0 Å². The number of anilines is 1. The van der Waals surface area contributed by atoms with E-state index in [1.54, 1.807) is 12.3 Å². The molecule has 0 saturated carbocycles. The van der Waals surface area contributed by atoms with Crippen LogP contribution in [0.1, 0.15) is 15.9 Å². The Balaban J connectivity index is 2.22. The van der Waals surface area contributed by atoms with Gasteiger partial charge in [-0.05, 0) is 17.7 Å². The van der Waals surface area contributed by atoms with Gasteiger partial charge in [-0.15, -0.1) is 0 Å². The summed E-state index contributed by atoms with van der Waals surface area (Å²) in [6, 6.07) is 3.62. The lowest BCUT2D eigenvalue weighted by Gasteiger charge is -2.10. The number of ether oxygens (including phenoxy) is 1. The molecule has 0 bridgehead atoms. The van der Waals surface area contributed by atoms with Crippen LogP contribution in [0.3, 0.4) is 0 Å². The topological polar surface area (TPSA) is 103 Å². The highest BCUT2D eigenvalue weighted by Gasteiger charge is 2.12. The van der Waals surface area contributed by atoms with Crippen molar-refractivity contribution in [1.82, 2.24) is 15.0 Å². The number of rotatable bonds is 5. The summed E-state index contributed by atoms with van der Waals surface area (Å²) < 4.78 is 5.13. The van der Waals surface area contributed by atoms with Gasteiger partial charge in [0.05, 0.1) is 12.7 Å². The third kappa shape index (κ3) is 3.12. The van der Waals surface area contributed by atoms with Gasteiger partial charge in [-0.1, -0.05) is 6.07 Å². The summed E-state index contributed by atoms with van der Waals surface area (Å²) in [6.07, 6.45) is 2.90. The molecule has 0 aliphatic carbocycles. The Bertz CT molecular complexity index is 635. The van der Waals surface area contributed by atoms with Crippen LogP contribution in [0.5, 0.6) is 5.88 Å². The molecule has 0 saturated heterocycles. The molecule has 104 valence electrons. The second kappa shape index (κ2) is 6.16. The van der Waals surface area contributed by atoms with Gasteiger partial charge in [-0.2, -0.15) is 4.98 Å². The number of carbonyl (C=O) groups excluding carboxylic acids is 1. The zero-order valence-corrected chi connectivity index (χ0v) is 11.4. The van der Waals surface area contributed by atoms with Gasteiger partial charge in [-0.25, -0.2) is 9.97 Å². The Kier molecular flexibility index (Phi) is 4.31. The van der Waals surface area contributed by atoms with E-state index in [-0.39, 0.29) is 16.7 Å². The zero-order valence-electron chi connectivity index (χ0n) is 10.6. The van der Waals surface area contributed by atoms with Crippen molar-refractivity contribution in [2.75, 3.05) is 12.4 Å². The molecule has 0 radical (unpaired) electrons. The molecule has 1 amide bonds. The first-order chi connectivity index (χ1) is 9.61. The predicted octanol–water partition coefficient (Wildman–Crippen LogP) is 1.24. The highest BCUT2D eigenvalue weighted by Crippen LogP contribution is 2.18. The van der Waals surface area contributed by atoms with E-state index in [0.717, 1.165) is 5.56 Å². The summed E-state index contributed by atoms with van der Waals surface area (Å²) >= 11 is 5.71. The molecule has 0 aliphatic heterocycles. The molecule has 2 aromatic heterocycles. The molecule has 8 heteroatoms. The number of nitrogens with zero attached hydrogens (tertiary/aromatic N) is 3. The number of pyridine rings is 1. The first-order valence-corrected chi connectivity index (χ1v) is 6.03. The van der Waals surface area contributed by atoms with Crippen LogP contribution in [0.15, 0.2) is 24.5 Å². The number of methoxy groups -OCH3 is 1. The SMILES string of the molecule is COc1ncccc1CNc1nc(Cl)ncc1C(N)=O. The van der Waals surface area contributed by atoms with Crippen molar-refractivity contribution >= 4 is 23.3 Å². The van der Waals surface area contributed by atoms with Crippen LogP contribution in [-0.4, -0.2) is 28.0 Å². The second-order valence-electron chi connectivity index (χ2n) is 3.79. The van der Waals surface area contributed by atoms with Gasteiger partial charge in [-0.3, -0.25) is 4.79 Å². The minimum absolute atomic E-state index is 0.0238. The molecule has 0 spiro atoms. The quantitative estimate of drug-likeness (QED) is 0.804. The van der Waals surface area contributed by atoms with Crippen molar-refractivity contribution in [3.05, 3.63) is 40.9 Å². The van der Waals surface area contributed by atoms with Gasteiger partial charge in [0.2, 0.25) is 11.2 Å². The van der Waals surface area contributed by atoms with Crippen LogP contribution in [0, 0.1) is 0 Å². The highest BCUT2D eigenvalue weighted by molar-refractivity contribution is 6.28. The summed E-state index contributed by atoms with van der Waals surface area (Å²) in [7, 11) is 1.53. The fourth-order valence-corrected chi connectivity index (χ4v) is 1.73. The molecular formula is C12H12ClN5O2. The van der Waals surface area contributed by atoms with Gasteiger partial charge in [0.1, 0.15) is 5.82 Å². The van der Waals surface area contributed by atoms with Gasteiger partial charge < -0.3 is 15.8 Å². The Morgan fingerprint density at radius 1 is 1.50 bits per heavy atom. The number of carbonyl (C=O) groups is 1. The van der Waals surface area contributed by atoms with Gasteiger partial charge in [0, 0.05) is 24.5 Å². The van der Waals surface area contributed by atoms with Crippen molar-refractivity contribution in [1.29, 1.82) is 0 Å². The van der Waals surface area contributed by atoms with E-state index in [1.165, 1.54) is 13.3 Å². The molecule has 0 aromatic carbocycles. The summed E-state index contributed by atoms with van der Waals surface area (Å²) in [6.45, 7) is 0.352. The number of primary amides is 1. The first-order valence-electron chi connectivity index (χ1n) is 5.66. The molecule has 20 heavy (non-hydrogen) atoms. The van der Waals surface area contributed by atoms with Crippen LogP contribution in [0.25, 0.3) is 0 Å². The van der Waals surface area contributed by atoms with E-state index < -0.39 is 5.91 Å². The minimum Gasteiger partial charge on any atom is -0.481 e. The number of nitrogens with one attached hydrogen (secondary N) is 1. The fraction of sp³-hybridized carbons (Fsp3) is 0.167. The number of amides is 1. The number of halogens is 1. The summed E-state index contributed by atoms with van der Waals surface area (Å²) in [5.74, 6) is 0.117. The lowest BCUT2D eigenvalue weighted by atomic mass is 10.2. The molecule has 0 unspecified atom stereocenters. The maximum absolute atomic E-state index is 11.3. The minimum atomic E-state index is -0.637. The van der Waals surface area contributed by atoms with Crippen molar-refractivity contribution in [3.63, 3.8) is 0 Å². The van der Waals surface area contributed by atoms with Gasteiger partial charge in [0.25, 0.3) is 5.91 Å². The fourth-order valence-electron chi connectivity index (χ4n) is 1.60. The van der Waals surface area contributed by atoms with Crippen molar-refractivity contribution < 1.29 is 9.53 Å². The molecule has 7 nitrogen and oxygen atoms in total. The molecule has 0 fully saturated rings. The average Bonchev–Trinajstić information content (AvgIpc) is 2.45. The van der Waals surface area contributed by atoms with E-state index in [0.29, 0.717) is 12.4 Å². The van der Waals surface area contributed by atoms with Crippen LogP contribution >= 0.6 is 11.6 Å². The third-order valence-electron chi connectivity index (χ3n) is 2.51. The van der Waals surface area contributed by atoms with Gasteiger partial charge in [0.15, 0.2) is 0 Å². The Labute approximate surface area is 120 Å². The van der Waals surface area contributed by atoms with Crippen LogP contribution in [-0.2, 0) is 6.54 Å². The number of hydrogen-bond donors (Lipinski definition) is 2. The smallest absolute Gasteiger partial charge is 0.254 e. The Hall–Kier alpha value is -2.41. The van der Waals surface area contributed by atoms with E-state index >= 15 is 0 Å². The van der Waals surface area contributed by atoms with E-state index in [4.69, 9.17) is 22.1 Å². The average molecular weight is 294 g/mol. The van der Waals surface area contributed by atoms with E-state index in [1.807, 2.05) is 6.07 Å². The normalized spacial score (nSPS) is 10.1. The molecule has 0 aliphatic rings. The molecule has 3 N–H and O–H groups in total. The summed E-state index contributed by atoms with van der Waals surface area (Å²) in [4.78, 5) is 23.0. The molecule has 0 atom stereocenters. The second-order valence-corrected chi connectivity index (χ2v) is 4.13. The maximum atomic E-state index is 11.3. The maximum Gasteiger partial charge on any atom is 0.254 e. The molecule has 2 rings (SSSR count). The van der Waals surface area contributed by atoms with Crippen molar-refractivity contribution in [2.45, 2.75) is 6.54 Å². The van der Waals surface area contributed by atoms with E-state index in [2.05, 4.69) is 20.3 Å². The molecule has 2 aromatic rings. The van der Waals surface area contributed by atoms with E-state index in [9.17, 15) is 4.79 Å². The van der Waals surface area contributed by atoms with Crippen LogP contribution < -0.4 is 15.8 Å². The number of aromatic nitrogens is 3. The third-order valence-corrected chi connectivity index (χ3v) is 2.70. The van der Waals surface area contributed by atoms with Crippen LogP contribution in [0.4, 0.5) is 5.82 Å². The Morgan fingerprint density at radius 3 is 3.00 bits per heavy atom. The number of hydrogen-bond acceptors (Lipinski definition) is 6. The molecular weight excluding hydrogens is 282 g/mol. The Morgan fingerprint density at radius 2 is 2.30 bits per heavy atom. The predicted molar refractivity (Wildman–Crippen MR) is 73.7 cm³/mol. The lowest BCUT2D eigenvalue weighted by Crippen LogP contribution is -2.16. The number of nitrogens with two attached hydrogens (primary N) is 1. The van der Waals surface area contributed by atoms with Crippen LogP contribution in [0.2, 0.25) is 5.28 Å². The summed E-state index contributed by atoms with van der Waals surface area (Å²) in [5, 5.41) is 2.99. The van der Waals surface area contributed by atoms with Crippen molar-refractivity contribution in [3.8, 4) is 5.88 Å². The van der Waals surface area contributed by atoms with Crippen molar-refractivity contribution in [2.24, 2.45) is 5.73 Å². The standard InChI is InChI=1S/C12H12ClN5O2/c1-20-11-7(3-2-4-15-11)5-16-10-8(9(14)19)6-17-12(13)18-10/h2-4,6H,5H2,1H3,(H2,14,19)(H,16,17,18). The first kappa shape index (κ1) is 14.0.